The smallest absolute Gasteiger partial charge is 0.475 e. The van der Waals surface area contributed by atoms with Gasteiger partial charge in [0.1, 0.15) is 6.61 Å². The Morgan fingerprint density at radius 2 is 1.39 bits per heavy atom. The van der Waals surface area contributed by atoms with Crippen LogP contribution in [0, 0.1) is 0 Å². The lowest BCUT2D eigenvalue weighted by molar-refractivity contribution is -0.143. The number of rotatable bonds is 15. The summed E-state index contributed by atoms with van der Waals surface area (Å²) in [7, 11) is -1.66. The van der Waals surface area contributed by atoms with Crippen molar-refractivity contribution in [2.24, 2.45) is 0 Å². The molecule has 1 atom stereocenters. The van der Waals surface area contributed by atoms with Gasteiger partial charge in [-0.2, -0.15) is 0 Å². The Morgan fingerprint density at radius 3 is 2.02 bits per heavy atom. The van der Waals surface area contributed by atoms with Gasteiger partial charge in [0.2, 0.25) is 23.6 Å². The van der Waals surface area contributed by atoms with Gasteiger partial charge in [0.15, 0.2) is 0 Å². The summed E-state index contributed by atoms with van der Waals surface area (Å²) in [5.74, 6) is -5.19. The maximum atomic E-state index is 12.8. The fraction of sp³-hybridized carbons (Fsp3) is 0.750. The summed E-state index contributed by atoms with van der Waals surface area (Å²) in [5, 5.41) is 47.9. The molecule has 2 heterocycles. The molecule has 2 aliphatic heterocycles. The van der Waals surface area contributed by atoms with Gasteiger partial charge in [-0.05, 0) is 19.3 Å². The first-order valence-electron chi connectivity index (χ1n) is 16.3. The Hall–Kier alpha value is -3.89. The fourth-order valence-electron chi connectivity index (χ4n) is 5.28. The van der Waals surface area contributed by atoms with Crippen molar-refractivity contribution in [2.45, 2.75) is 31.6 Å². The number of amides is 4. The van der Waals surface area contributed by atoms with E-state index in [9.17, 15) is 53.8 Å². The number of cyclic esters (lactones) is 1. The van der Waals surface area contributed by atoms with Gasteiger partial charge in [-0.25, -0.2) is 0 Å². The molecular formula is C28H49BN8O12. The molecule has 2 rings (SSSR count). The van der Waals surface area contributed by atoms with Gasteiger partial charge in [0, 0.05) is 65.3 Å². The number of hydrogen-bond donors (Lipinski definition) is 8. The standard InChI is InChI=1S/C28H49BN8O12/c38-22(32-15-23(39)33-16-25(41)37-7-2-3-21(37)29(47)48)4-1-5-31-24(40)18-35-10-9-34(19-26(42)43)8-6-30-17-28(46)49-14-13-36(12-11-35)20-27(44)45/h21,30,47-48H,1-20H2,(H,31,40)(H,32,38)(H,33,39)(H,42,43)(H,44,45)/t21-/m0/s1. The summed E-state index contributed by atoms with van der Waals surface area (Å²) in [6.07, 6.45) is 1.34. The minimum atomic E-state index is -1.66. The first-order valence-corrected chi connectivity index (χ1v) is 16.3. The number of carboxylic acid groups (broad SMARTS) is 2. The number of hydrogen-bond acceptors (Lipinski definition) is 14. The molecule has 276 valence electrons. The number of aliphatic carboxylic acids is 2. The molecule has 0 aromatic heterocycles. The van der Waals surface area contributed by atoms with E-state index >= 15 is 0 Å². The zero-order valence-electron chi connectivity index (χ0n) is 27.6. The number of carboxylic acids is 2. The second kappa shape index (κ2) is 22.7. The van der Waals surface area contributed by atoms with Gasteiger partial charge in [-0.15, -0.1) is 0 Å². The number of likely N-dealkylation sites (tertiary alicyclic amines) is 1. The number of esters is 1. The fourth-order valence-corrected chi connectivity index (χ4v) is 5.28. The molecule has 0 bridgehead atoms. The molecule has 49 heavy (non-hydrogen) atoms. The largest absolute Gasteiger partial charge is 0.480 e. The molecule has 0 aromatic carbocycles. The number of carbonyl (C=O) groups is 7. The molecule has 0 unspecified atom stereocenters. The highest BCUT2D eigenvalue weighted by molar-refractivity contribution is 6.43. The molecule has 0 spiro atoms. The Bertz CT molecular complexity index is 1130. The zero-order valence-corrected chi connectivity index (χ0v) is 27.6. The highest BCUT2D eigenvalue weighted by atomic mass is 16.5. The van der Waals surface area contributed by atoms with Crippen molar-refractivity contribution in [3.8, 4) is 0 Å². The number of nitrogens with one attached hydrogen (secondary N) is 4. The van der Waals surface area contributed by atoms with Gasteiger partial charge in [0.25, 0.3) is 0 Å². The normalized spacial score (nSPS) is 19.2. The van der Waals surface area contributed by atoms with Crippen molar-refractivity contribution >= 4 is 48.7 Å². The van der Waals surface area contributed by atoms with E-state index in [0.717, 1.165) is 0 Å². The minimum absolute atomic E-state index is 0.00690. The van der Waals surface area contributed by atoms with E-state index < -0.39 is 48.7 Å². The van der Waals surface area contributed by atoms with Gasteiger partial charge < -0.3 is 51.2 Å². The molecule has 8 N–H and O–H groups in total. The quantitative estimate of drug-likeness (QED) is 0.0449. The van der Waals surface area contributed by atoms with E-state index in [2.05, 4.69) is 21.3 Å². The minimum Gasteiger partial charge on any atom is -0.480 e. The van der Waals surface area contributed by atoms with E-state index in [-0.39, 0.29) is 97.3 Å². The molecule has 21 heteroatoms. The second-order valence-electron chi connectivity index (χ2n) is 11.7. The SMILES string of the molecule is O=C(O)CN1CCNCC(=O)OCCN(CC(=O)O)CCN(CC(=O)NCCCC(=O)NCC(=O)NCC(=O)N2CCC[C@H]2B(O)O)CC1. The van der Waals surface area contributed by atoms with E-state index in [0.29, 0.717) is 39.0 Å². The van der Waals surface area contributed by atoms with Gasteiger partial charge in [0.05, 0.1) is 45.2 Å². The third-order valence-electron chi connectivity index (χ3n) is 7.84. The Kier molecular flexibility index (Phi) is 19.1. The van der Waals surface area contributed by atoms with Gasteiger partial charge >= 0.3 is 25.0 Å². The van der Waals surface area contributed by atoms with Crippen LogP contribution in [0.2, 0.25) is 0 Å². The van der Waals surface area contributed by atoms with Crippen LogP contribution in [-0.2, 0) is 38.3 Å². The predicted octanol–water partition coefficient (Wildman–Crippen LogP) is -5.66. The van der Waals surface area contributed by atoms with E-state index in [1.54, 1.807) is 14.7 Å². The van der Waals surface area contributed by atoms with Crippen molar-refractivity contribution < 1.29 is 58.6 Å². The number of ether oxygens (including phenoxy) is 1. The van der Waals surface area contributed by atoms with E-state index in [1.807, 2.05) is 0 Å². The van der Waals surface area contributed by atoms with E-state index in [4.69, 9.17) is 4.74 Å². The molecular weight excluding hydrogens is 651 g/mol. The van der Waals surface area contributed by atoms with Crippen LogP contribution in [0.15, 0.2) is 0 Å². The lowest BCUT2D eigenvalue weighted by Gasteiger charge is -2.28. The van der Waals surface area contributed by atoms with E-state index in [1.165, 1.54) is 4.90 Å². The van der Waals surface area contributed by atoms with Crippen LogP contribution in [0.25, 0.3) is 0 Å². The van der Waals surface area contributed by atoms with Crippen molar-refractivity contribution in [3.63, 3.8) is 0 Å². The molecule has 2 saturated heterocycles. The monoisotopic (exact) mass is 700 g/mol. The van der Waals surface area contributed by atoms with Gasteiger partial charge in [-0.3, -0.25) is 48.3 Å². The first-order chi connectivity index (χ1) is 23.3. The van der Waals surface area contributed by atoms with Gasteiger partial charge in [-0.1, -0.05) is 0 Å². The van der Waals surface area contributed by atoms with Crippen LogP contribution in [0.3, 0.4) is 0 Å². The Balaban J connectivity index is 1.79. The summed E-state index contributed by atoms with van der Waals surface area (Å²) in [5.41, 5.74) is 0. The first kappa shape index (κ1) is 41.3. The molecule has 0 radical (unpaired) electrons. The van der Waals surface area contributed by atoms with Crippen molar-refractivity contribution in [1.82, 2.24) is 40.9 Å². The topological polar surface area (TPSA) is 271 Å². The molecule has 4 amide bonds. The maximum absolute atomic E-state index is 12.8. The van der Waals surface area contributed by atoms with Crippen LogP contribution < -0.4 is 21.3 Å². The molecule has 20 nitrogen and oxygen atoms in total. The third-order valence-corrected chi connectivity index (χ3v) is 7.84. The van der Waals surface area contributed by atoms with Crippen LogP contribution in [-0.4, -0.2) is 199 Å². The highest BCUT2D eigenvalue weighted by Crippen LogP contribution is 2.17. The predicted molar refractivity (Wildman–Crippen MR) is 172 cm³/mol. The molecule has 2 fully saturated rings. The summed E-state index contributed by atoms with van der Waals surface area (Å²) >= 11 is 0. The van der Waals surface area contributed by atoms with Crippen molar-refractivity contribution in [1.29, 1.82) is 0 Å². The lowest BCUT2D eigenvalue weighted by Crippen LogP contribution is -2.49. The van der Waals surface area contributed by atoms with Crippen LogP contribution >= 0.6 is 0 Å². The Morgan fingerprint density at radius 1 is 0.776 bits per heavy atom. The maximum Gasteiger partial charge on any atom is 0.475 e. The number of nitrogens with zero attached hydrogens (tertiary/aromatic N) is 4. The second-order valence-corrected chi connectivity index (χ2v) is 11.7. The highest BCUT2D eigenvalue weighted by Gasteiger charge is 2.36. The summed E-state index contributed by atoms with van der Waals surface area (Å²) < 4.78 is 5.16. The molecule has 0 saturated carbocycles. The summed E-state index contributed by atoms with van der Waals surface area (Å²) in [6.45, 7) is 0.971. The van der Waals surface area contributed by atoms with Crippen LogP contribution in [0.5, 0.6) is 0 Å². The average Bonchev–Trinajstić information content (AvgIpc) is 3.53. The summed E-state index contributed by atoms with van der Waals surface area (Å²) in [6, 6.07) is 0. The molecule has 2 aliphatic rings. The third kappa shape index (κ3) is 17.9. The number of carbonyl (C=O) groups excluding carboxylic acids is 5. The Labute approximate surface area is 284 Å². The lowest BCUT2D eigenvalue weighted by atomic mass is 9.78. The average molecular weight is 701 g/mol. The molecule has 0 aliphatic carbocycles. The van der Waals surface area contributed by atoms with Crippen molar-refractivity contribution in [2.75, 3.05) is 105 Å². The van der Waals surface area contributed by atoms with Crippen LogP contribution in [0.4, 0.5) is 0 Å². The van der Waals surface area contributed by atoms with Crippen LogP contribution in [0.1, 0.15) is 25.7 Å². The van der Waals surface area contributed by atoms with Crippen molar-refractivity contribution in [3.05, 3.63) is 0 Å². The summed E-state index contributed by atoms with van der Waals surface area (Å²) in [4.78, 5) is 90.4. The zero-order chi connectivity index (χ0) is 36.2. The molecule has 0 aromatic rings.